The van der Waals surface area contributed by atoms with Gasteiger partial charge in [0, 0.05) is 0 Å². The van der Waals surface area contributed by atoms with Gasteiger partial charge in [0.25, 0.3) is 0 Å². The van der Waals surface area contributed by atoms with Gasteiger partial charge >= 0.3 is 0 Å². The zero-order chi connectivity index (χ0) is 13.0. The molecule has 2 nitrogen and oxygen atoms in total. The van der Waals surface area contributed by atoms with E-state index in [0.29, 0.717) is 6.42 Å². The lowest BCUT2D eigenvalue weighted by Gasteiger charge is -2.29. The molecule has 0 aromatic heterocycles. The Hall–Kier alpha value is -1.80. The Morgan fingerprint density at radius 2 is 1.56 bits per heavy atom. The molecule has 0 heterocycles. The summed E-state index contributed by atoms with van der Waals surface area (Å²) in [6.07, 6.45) is 0.601. The normalized spacial score (nSPS) is 13.9. The first-order valence-electron chi connectivity index (χ1n) is 5.99. The van der Waals surface area contributed by atoms with E-state index in [1.54, 1.807) is 7.11 Å². The van der Waals surface area contributed by atoms with Crippen LogP contribution in [-0.2, 0) is 5.54 Å². The monoisotopic (exact) mass is 240 g/mol. The fraction of sp³-hybridized carbons (Fsp3) is 0.188. The summed E-state index contributed by atoms with van der Waals surface area (Å²) in [5.41, 5.74) is 8.10. The Morgan fingerprint density at radius 1 is 1.00 bits per heavy atom. The summed E-state index contributed by atoms with van der Waals surface area (Å²) in [4.78, 5) is 0. The van der Waals surface area contributed by atoms with Gasteiger partial charge in [0.1, 0.15) is 5.75 Å². The molecule has 1 radical (unpaired) electrons. The number of hydrogen-bond acceptors (Lipinski definition) is 2. The van der Waals surface area contributed by atoms with Crippen LogP contribution < -0.4 is 10.5 Å². The third-order valence-corrected chi connectivity index (χ3v) is 3.29. The highest BCUT2D eigenvalue weighted by Crippen LogP contribution is 2.30. The maximum absolute atomic E-state index is 6.53. The van der Waals surface area contributed by atoms with Crippen molar-refractivity contribution in [1.29, 1.82) is 0 Å². The Kier molecular flexibility index (Phi) is 3.68. The van der Waals surface area contributed by atoms with Crippen molar-refractivity contribution in [1.82, 2.24) is 0 Å². The molecule has 0 amide bonds. The van der Waals surface area contributed by atoms with Crippen molar-refractivity contribution in [2.24, 2.45) is 5.73 Å². The van der Waals surface area contributed by atoms with Gasteiger partial charge in [-0.05, 0) is 29.7 Å². The van der Waals surface area contributed by atoms with E-state index in [1.165, 1.54) is 0 Å². The quantitative estimate of drug-likeness (QED) is 0.891. The Balaban J connectivity index is 2.43. The molecule has 0 saturated heterocycles. The third-order valence-electron chi connectivity index (χ3n) is 3.29. The second-order valence-corrected chi connectivity index (χ2v) is 4.32. The van der Waals surface area contributed by atoms with Gasteiger partial charge < -0.3 is 10.5 Å². The van der Waals surface area contributed by atoms with E-state index in [-0.39, 0.29) is 0 Å². The highest BCUT2D eigenvalue weighted by molar-refractivity contribution is 5.40. The van der Waals surface area contributed by atoms with Crippen molar-refractivity contribution in [2.75, 3.05) is 7.11 Å². The number of rotatable bonds is 4. The molecule has 1 unspecified atom stereocenters. The molecule has 0 spiro atoms. The summed E-state index contributed by atoms with van der Waals surface area (Å²) in [7, 11) is 1.66. The van der Waals surface area contributed by atoms with Crippen molar-refractivity contribution >= 4 is 0 Å². The summed E-state index contributed by atoms with van der Waals surface area (Å²) in [6, 6.07) is 17.9. The predicted molar refractivity (Wildman–Crippen MR) is 74.4 cm³/mol. The van der Waals surface area contributed by atoms with Crippen molar-refractivity contribution in [3.8, 4) is 5.75 Å². The molecule has 2 heteroatoms. The van der Waals surface area contributed by atoms with Crippen molar-refractivity contribution in [3.05, 3.63) is 72.6 Å². The van der Waals surface area contributed by atoms with Crippen LogP contribution in [0.3, 0.4) is 0 Å². The molecule has 0 aliphatic heterocycles. The van der Waals surface area contributed by atoms with Gasteiger partial charge in [-0.2, -0.15) is 0 Å². The van der Waals surface area contributed by atoms with Crippen LogP contribution in [0.1, 0.15) is 17.5 Å². The van der Waals surface area contributed by atoms with Crippen LogP contribution in [0, 0.1) is 6.92 Å². The van der Waals surface area contributed by atoms with E-state index in [9.17, 15) is 0 Å². The standard InChI is InChI=1S/C16H18NO/c1-3-16(17,13-7-5-4-6-8-13)14-9-11-15(18-2)12-10-14/h4-12H,1,3,17H2,2H3. The molecule has 2 N–H and O–H groups in total. The molecular formula is C16H18NO. The van der Waals surface area contributed by atoms with Crippen molar-refractivity contribution < 1.29 is 4.74 Å². The van der Waals surface area contributed by atoms with Crippen LogP contribution in [0.2, 0.25) is 0 Å². The number of benzene rings is 2. The molecule has 93 valence electrons. The lowest BCUT2D eigenvalue weighted by Crippen LogP contribution is -2.37. The number of methoxy groups -OCH3 is 1. The van der Waals surface area contributed by atoms with Crippen LogP contribution >= 0.6 is 0 Å². The zero-order valence-corrected chi connectivity index (χ0v) is 10.6. The van der Waals surface area contributed by atoms with Crippen LogP contribution in [0.25, 0.3) is 0 Å². The van der Waals surface area contributed by atoms with Crippen molar-refractivity contribution in [2.45, 2.75) is 12.0 Å². The first-order chi connectivity index (χ1) is 8.70. The van der Waals surface area contributed by atoms with Gasteiger partial charge in [-0.3, -0.25) is 0 Å². The smallest absolute Gasteiger partial charge is 0.118 e. The first-order valence-corrected chi connectivity index (χ1v) is 5.99. The van der Waals surface area contributed by atoms with Crippen LogP contribution in [0.15, 0.2) is 54.6 Å². The molecular weight excluding hydrogens is 222 g/mol. The van der Waals surface area contributed by atoms with Crippen molar-refractivity contribution in [3.63, 3.8) is 0 Å². The molecule has 18 heavy (non-hydrogen) atoms. The molecule has 0 aliphatic rings. The third kappa shape index (κ3) is 2.24. The van der Waals surface area contributed by atoms with E-state index in [2.05, 4.69) is 6.92 Å². The van der Waals surface area contributed by atoms with Crippen LogP contribution in [-0.4, -0.2) is 7.11 Å². The van der Waals surface area contributed by atoms with E-state index in [1.807, 2.05) is 54.6 Å². The molecule has 2 aromatic carbocycles. The summed E-state index contributed by atoms with van der Waals surface area (Å²) < 4.78 is 5.16. The van der Waals surface area contributed by atoms with E-state index < -0.39 is 5.54 Å². The zero-order valence-electron chi connectivity index (χ0n) is 10.6. The van der Waals surface area contributed by atoms with Crippen LogP contribution in [0.5, 0.6) is 5.75 Å². The molecule has 0 aliphatic carbocycles. The first kappa shape index (κ1) is 12.7. The minimum absolute atomic E-state index is 0.548. The van der Waals surface area contributed by atoms with Gasteiger partial charge in [-0.15, -0.1) is 0 Å². The van der Waals surface area contributed by atoms with Gasteiger partial charge in [0.2, 0.25) is 0 Å². The van der Waals surface area contributed by atoms with E-state index >= 15 is 0 Å². The highest BCUT2D eigenvalue weighted by Gasteiger charge is 2.27. The topological polar surface area (TPSA) is 35.2 Å². The molecule has 0 saturated carbocycles. The largest absolute Gasteiger partial charge is 0.497 e. The molecule has 2 rings (SSSR count). The SMILES string of the molecule is [CH2]CC(N)(c1ccccc1)c1ccc(OC)cc1. The molecule has 1 atom stereocenters. The maximum atomic E-state index is 6.53. The minimum atomic E-state index is -0.548. The van der Waals surface area contributed by atoms with Gasteiger partial charge in [-0.25, -0.2) is 0 Å². The van der Waals surface area contributed by atoms with Crippen LogP contribution in [0.4, 0.5) is 0 Å². The van der Waals surface area contributed by atoms with E-state index in [4.69, 9.17) is 10.5 Å². The second-order valence-electron chi connectivity index (χ2n) is 4.32. The summed E-state index contributed by atoms with van der Waals surface area (Å²) in [6.45, 7) is 4.00. The number of ether oxygens (including phenoxy) is 1. The fourth-order valence-electron chi connectivity index (χ4n) is 2.08. The number of nitrogens with two attached hydrogens (primary N) is 1. The summed E-state index contributed by atoms with van der Waals surface area (Å²) >= 11 is 0. The lowest BCUT2D eigenvalue weighted by molar-refractivity contribution is 0.414. The Labute approximate surface area is 108 Å². The molecule has 0 bridgehead atoms. The average molecular weight is 240 g/mol. The lowest BCUT2D eigenvalue weighted by atomic mass is 9.82. The van der Waals surface area contributed by atoms with Gasteiger partial charge in [0.15, 0.2) is 0 Å². The predicted octanol–water partition coefficient (Wildman–Crippen LogP) is 3.12. The molecule has 0 fully saturated rings. The minimum Gasteiger partial charge on any atom is -0.497 e. The summed E-state index contributed by atoms with van der Waals surface area (Å²) in [5.74, 6) is 0.832. The number of hydrogen-bond donors (Lipinski definition) is 1. The average Bonchev–Trinajstić information content (AvgIpc) is 2.47. The fourth-order valence-corrected chi connectivity index (χ4v) is 2.08. The maximum Gasteiger partial charge on any atom is 0.118 e. The summed E-state index contributed by atoms with van der Waals surface area (Å²) in [5, 5.41) is 0. The second kappa shape index (κ2) is 5.23. The van der Waals surface area contributed by atoms with Gasteiger partial charge in [0.05, 0.1) is 12.6 Å². The van der Waals surface area contributed by atoms with E-state index in [0.717, 1.165) is 16.9 Å². The Morgan fingerprint density at radius 3 is 2.06 bits per heavy atom. The molecule has 2 aromatic rings. The highest BCUT2D eigenvalue weighted by atomic mass is 16.5. The Bertz CT molecular complexity index is 492. The van der Waals surface area contributed by atoms with Gasteiger partial charge in [-0.1, -0.05) is 49.4 Å².